The van der Waals surface area contributed by atoms with Crippen molar-refractivity contribution in [3.05, 3.63) is 23.4 Å². The number of rotatable bonds is 7. The summed E-state index contributed by atoms with van der Waals surface area (Å²) in [6.07, 6.45) is 5.49. The van der Waals surface area contributed by atoms with E-state index >= 15 is 0 Å². The Hall–Kier alpha value is -1.37. The van der Waals surface area contributed by atoms with Crippen LogP contribution in [-0.4, -0.2) is 34.4 Å². The molecule has 0 amide bonds. The Balaban J connectivity index is 2.98. The van der Waals surface area contributed by atoms with Gasteiger partial charge in [0.25, 0.3) is 0 Å². The zero-order chi connectivity index (χ0) is 15.2. The van der Waals surface area contributed by atoms with Crippen molar-refractivity contribution in [3.63, 3.8) is 0 Å². The van der Waals surface area contributed by atoms with Crippen molar-refractivity contribution >= 4 is 6.47 Å². The summed E-state index contributed by atoms with van der Waals surface area (Å²) in [6.45, 7) is 5.97. The van der Waals surface area contributed by atoms with Crippen LogP contribution in [0.4, 0.5) is 0 Å². The van der Waals surface area contributed by atoms with Crippen molar-refractivity contribution in [2.24, 2.45) is 5.92 Å². The van der Waals surface area contributed by atoms with E-state index in [1.807, 2.05) is 13.8 Å². The number of carbonyl (C=O) groups excluding carboxylic acids is 1. The maximum atomic E-state index is 10.3. The molecule has 0 saturated carbocycles. The quantitative estimate of drug-likeness (QED) is 0.424. The number of hydroxylamine groups is 2. The predicted molar refractivity (Wildman–Crippen MR) is 72.2 cm³/mol. The Labute approximate surface area is 119 Å². The van der Waals surface area contributed by atoms with Crippen molar-refractivity contribution in [1.29, 1.82) is 0 Å². The summed E-state index contributed by atoms with van der Waals surface area (Å²) in [4.78, 5) is 14.8. The molecule has 0 heterocycles. The van der Waals surface area contributed by atoms with Crippen LogP contribution < -0.4 is 0 Å². The second kappa shape index (κ2) is 7.42. The number of carbonyl (C=O) groups is 1. The summed E-state index contributed by atoms with van der Waals surface area (Å²) in [7, 11) is 0. The van der Waals surface area contributed by atoms with Gasteiger partial charge in [0.15, 0.2) is 5.79 Å². The smallest absolute Gasteiger partial charge is 0.323 e. The highest BCUT2D eigenvalue weighted by Crippen LogP contribution is 2.32. The van der Waals surface area contributed by atoms with E-state index in [0.717, 1.165) is 18.4 Å². The monoisotopic (exact) mass is 285 g/mol. The Morgan fingerprint density at radius 2 is 2.20 bits per heavy atom. The second-order valence-corrected chi connectivity index (χ2v) is 4.82. The van der Waals surface area contributed by atoms with Gasteiger partial charge in [0.1, 0.15) is 0 Å². The first-order valence-electron chi connectivity index (χ1n) is 6.83. The summed E-state index contributed by atoms with van der Waals surface area (Å²) in [5.41, 5.74) is 1.22. The molecule has 0 spiro atoms. The lowest BCUT2D eigenvalue weighted by atomic mass is 9.94. The lowest BCUT2D eigenvalue weighted by Gasteiger charge is -2.26. The fourth-order valence-corrected chi connectivity index (χ4v) is 2.38. The minimum absolute atomic E-state index is 0.0335. The van der Waals surface area contributed by atoms with Gasteiger partial charge in [0.2, 0.25) is 0 Å². The molecule has 114 valence electrons. The Morgan fingerprint density at radius 1 is 1.50 bits per heavy atom. The minimum Gasteiger partial charge on any atom is -0.362 e. The molecule has 0 fully saturated rings. The van der Waals surface area contributed by atoms with Gasteiger partial charge in [0.05, 0.1) is 5.70 Å². The summed E-state index contributed by atoms with van der Waals surface area (Å²) < 4.78 is 5.33. The van der Waals surface area contributed by atoms with Gasteiger partial charge >= 0.3 is 6.47 Å². The number of hydrogen-bond donors (Lipinski definition) is 2. The molecule has 2 atom stereocenters. The predicted octanol–water partition coefficient (Wildman–Crippen LogP) is 2.14. The van der Waals surface area contributed by atoms with E-state index in [4.69, 9.17) is 4.74 Å². The molecule has 20 heavy (non-hydrogen) atoms. The molecular weight excluding hydrogens is 262 g/mol. The molecule has 6 heteroatoms. The minimum atomic E-state index is -1.33. The molecule has 0 aromatic heterocycles. The highest BCUT2D eigenvalue weighted by atomic mass is 16.9. The van der Waals surface area contributed by atoms with Crippen LogP contribution in [-0.2, 0) is 14.4 Å². The zero-order valence-corrected chi connectivity index (χ0v) is 12.2. The van der Waals surface area contributed by atoms with E-state index in [1.54, 1.807) is 19.1 Å². The third kappa shape index (κ3) is 4.06. The fraction of sp³-hybridized carbons (Fsp3) is 0.643. The summed E-state index contributed by atoms with van der Waals surface area (Å²) in [5, 5.41) is 20.4. The van der Waals surface area contributed by atoms with Crippen LogP contribution in [0.5, 0.6) is 0 Å². The fourth-order valence-electron chi connectivity index (χ4n) is 2.38. The molecule has 0 aromatic rings. The molecule has 2 unspecified atom stereocenters. The molecule has 1 aliphatic carbocycles. The zero-order valence-electron chi connectivity index (χ0n) is 12.2. The van der Waals surface area contributed by atoms with Gasteiger partial charge in [0, 0.05) is 12.5 Å². The van der Waals surface area contributed by atoms with E-state index in [-0.39, 0.29) is 12.4 Å². The first kappa shape index (κ1) is 16.7. The van der Waals surface area contributed by atoms with Crippen molar-refractivity contribution in [1.82, 2.24) is 5.23 Å². The van der Waals surface area contributed by atoms with Gasteiger partial charge in [-0.25, -0.2) is 0 Å². The van der Waals surface area contributed by atoms with Gasteiger partial charge in [-0.15, -0.1) is 0 Å². The van der Waals surface area contributed by atoms with Crippen LogP contribution in [0.3, 0.4) is 0 Å². The third-order valence-corrected chi connectivity index (χ3v) is 3.51. The summed E-state index contributed by atoms with van der Waals surface area (Å²) in [6, 6.07) is 0. The highest BCUT2D eigenvalue weighted by molar-refractivity contribution is 5.37. The van der Waals surface area contributed by atoms with Gasteiger partial charge in [-0.3, -0.25) is 10.0 Å². The van der Waals surface area contributed by atoms with Crippen LogP contribution >= 0.6 is 0 Å². The van der Waals surface area contributed by atoms with Gasteiger partial charge < -0.3 is 14.7 Å². The van der Waals surface area contributed by atoms with E-state index in [1.165, 1.54) is 0 Å². The molecule has 0 saturated heterocycles. The van der Waals surface area contributed by atoms with E-state index in [9.17, 15) is 15.1 Å². The number of aliphatic hydroxyl groups is 1. The summed E-state index contributed by atoms with van der Waals surface area (Å²) in [5.74, 6) is -1.30. The maximum Gasteiger partial charge on any atom is 0.323 e. The standard InChI is InChI=1S/C14H23NO5/c1-4-11-6-7-12(14(3,17)19-5-2)8-9-13(11)15(18)20-10-16/h8-11,17-18H,4-7H2,1-3H3. The van der Waals surface area contributed by atoms with Crippen molar-refractivity contribution in [2.75, 3.05) is 6.61 Å². The molecule has 0 radical (unpaired) electrons. The average Bonchev–Trinajstić information content (AvgIpc) is 2.61. The normalized spacial score (nSPS) is 22.1. The molecule has 1 aliphatic rings. The van der Waals surface area contributed by atoms with E-state index < -0.39 is 5.79 Å². The lowest BCUT2D eigenvalue weighted by molar-refractivity contribution is -0.289. The van der Waals surface area contributed by atoms with Crippen molar-refractivity contribution in [2.45, 2.75) is 45.8 Å². The number of allylic oxidation sites excluding steroid dienone is 3. The van der Waals surface area contributed by atoms with E-state index in [0.29, 0.717) is 24.0 Å². The van der Waals surface area contributed by atoms with Crippen LogP contribution in [0.1, 0.15) is 40.0 Å². The first-order valence-corrected chi connectivity index (χ1v) is 6.83. The Kier molecular flexibility index (Phi) is 6.19. The average molecular weight is 285 g/mol. The van der Waals surface area contributed by atoms with Gasteiger partial charge in [-0.1, -0.05) is 18.2 Å². The SMILES string of the molecule is CCOC(C)(O)C1=CC=C(N(O)OC=O)C(CC)CC1. The second-order valence-electron chi connectivity index (χ2n) is 4.82. The van der Waals surface area contributed by atoms with Gasteiger partial charge in [-0.2, -0.15) is 0 Å². The topological polar surface area (TPSA) is 79.2 Å². The lowest BCUT2D eigenvalue weighted by Crippen LogP contribution is -2.31. The molecular formula is C14H23NO5. The molecule has 0 bridgehead atoms. The Bertz CT molecular complexity index is 389. The third-order valence-electron chi connectivity index (χ3n) is 3.51. The molecule has 0 aliphatic heterocycles. The summed E-state index contributed by atoms with van der Waals surface area (Å²) >= 11 is 0. The molecule has 2 N–H and O–H groups in total. The number of hydrogen-bond acceptors (Lipinski definition) is 6. The maximum absolute atomic E-state index is 10.3. The largest absolute Gasteiger partial charge is 0.362 e. The molecule has 1 rings (SSSR count). The van der Waals surface area contributed by atoms with Crippen LogP contribution in [0.25, 0.3) is 0 Å². The van der Waals surface area contributed by atoms with E-state index in [2.05, 4.69) is 4.84 Å². The van der Waals surface area contributed by atoms with Crippen LogP contribution in [0.15, 0.2) is 23.4 Å². The van der Waals surface area contributed by atoms with Crippen molar-refractivity contribution < 1.29 is 24.7 Å². The number of nitrogens with zero attached hydrogens (tertiary/aromatic N) is 1. The Morgan fingerprint density at radius 3 is 2.75 bits per heavy atom. The van der Waals surface area contributed by atoms with Crippen LogP contribution in [0, 0.1) is 5.92 Å². The highest BCUT2D eigenvalue weighted by Gasteiger charge is 2.29. The van der Waals surface area contributed by atoms with Gasteiger partial charge in [-0.05, 0) is 44.8 Å². The van der Waals surface area contributed by atoms with Crippen LogP contribution in [0.2, 0.25) is 0 Å². The molecule has 6 nitrogen and oxygen atoms in total. The first-order chi connectivity index (χ1) is 9.46. The number of ether oxygens (including phenoxy) is 1. The van der Waals surface area contributed by atoms with Crippen molar-refractivity contribution in [3.8, 4) is 0 Å². The molecule has 0 aromatic carbocycles.